The minimum absolute atomic E-state index is 0.0337. The van der Waals surface area contributed by atoms with E-state index >= 15 is 0 Å². The maximum absolute atomic E-state index is 12.9. The Kier molecular flexibility index (Phi) is 6.42. The largest absolute Gasteiger partial charge is 0.497 e. The van der Waals surface area contributed by atoms with Crippen LogP contribution in [0.25, 0.3) is 0 Å². The molecule has 0 aliphatic carbocycles. The smallest absolute Gasteiger partial charge is 0.261 e. The molecular weight excluding hydrogens is 400 g/mol. The van der Waals surface area contributed by atoms with Crippen LogP contribution in [-0.4, -0.2) is 33.4 Å². The van der Waals surface area contributed by atoms with Gasteiger partial charge in [0.25, 0.3) is 15.9 Å². The molecule has 0 fully saturated rings. The molecule has 0 unspecified atom stereocenters. The van der Waals surface area contributed by atoms with Gasteiger partial charge in [-0.25, -0.2) is 8.42 Å². The van der Waals surface area contributed by atoms with Crippen LogP contribution in [0.4, 0.5) is 5.69 Å². The number of hydrogen-bond donors (Lipinski definition) is 1. The summed E-state index contributed by atoms with van der Waals surface area (Å²) in [6.07, 6.45) is 0. The van der Waals surface area contributed by atoms with Gasteiger partial charge in [-0.2, -0.15) is 0 Å². The Hall–Kier alpha value is -3.32. The molecule has 3 aromatic carbocycles. The average molecular weight is 425 g/mol. The molecule has 0 atom stereocenters. The lowest BCUT2D eigenvalue weighted by molar-refractivity contribution is 0.0784. The summed E-state index contributed by atoms with van der Waals surface area (Å²) in [5.41, 5.74) is 2.53. The highest BCUT2D eigenvalue weighted by Gasteiger charge is 2.19. The third-order valence-electron chi connectivity index (χ3n) is 4.68. The van der Waals surface area contributed by atoms with Crippen molar-refractivity contribution in [3.8, 4) is 5.75 Å². The Morgan fingerprint density at radius 2 is 1.73 bits per heavy atom. The number of benzene rings is 3. The fourth-order valence-electron chi connectivity index (χ4n) is 3.02. The van der Waals surface area contributed by atoms with E-state index in [1.165, 1.54) is 17.0 Å². The third kappa shape index (κ3) is 4.99. The summed E-state index contributed by atoms with van der Waals surface area (Å²) in [4.78, 5) is 14.4. The molecule has 1 amide bonds. The fraction of sp³-hybridized carbons (Fsp3) is 0.174. The first kappa shape index (κ1) is 21.4. The van der Waals surface area contributed by atoms with Crippen LogP contribution in [0.5, 0.6) is 5.75 Å². The standard InChI is InChI=1S/C23H24N2O4S/c1-17-8-4-5-13-22(17)24-30(27,28)21-12-7-10-19(15-21)23(26)25(2)16-18-9-6-11-20(14-18)29-3/h4-15,24H,16H2,1-3H3. The number of rotatable bonds is 7. The number of nitrogens with zero attached hydrogens (tertiary/aromatic N) is 1. The molecule has 0 heterocycles. The highest BCUT2D eigenvalue weighted by molar-refractivity contribution is 7.92. The maximum Gasteiger partial charge on any atom is 0.261 e. The molecule has 0 saturated heterocycles. The topological polar surface area (TPSA) is 75.7 Å². The number of hydrogen-bond acceptors (Lipinski definition) is 4. The first-order valence-corrected chi connectivity index (χ1v) is 10.9. The molecule has 0 aliphatic heterocycles. The molecule has 6 nitrogen and oxygen atoms in total. The van der Waals surface area contributed by atoms with E-state index in [9.17, 15) is 13.2 Å². The molecule has 3 aromatic rings. The van der Waals surface area contributed by atoms with Gasteiger partial charge in [-0.3, -0.25) is 9.52 Å². The lowest BCUT2D eigenvalue weighted by atomic mass is 10.1. The molecule has 0 spiro atoms. The second-order valence-corrected chi connectivity index (χ2v) is 8.64. The predicted molar refractivity (Wildman–Crippen MR) is 117 cm³/mol. The number of nitrogens with one attached hydrogen (secondary N) is 1. The third-order valence-corrected chi connectivity index (χ3v) is 6.04. The number of carbonyl (C=O) groups excluding carboxylic acids is 1. The minimum Gasteiger partial charge on any atom is -0.497 e. The molecule has 1 N–H and O–H groups in total. The zero-order chi connectivity index (χ0) is 21.7. The van der Waals surface area contributed by atoms with Gasteiger partial charge < -0.3 is 9.64 Å². The van der Waals surface area contributed by atoms with E-state index in [0.717, 1.165) is 11.1 Å². The van der Waals surface area contributed by atoms with E-state index in [2.05, 4.69) is 4.72 Å². The van der Waals surface area contributed by atoms with Crippen molar-refractivity contribution in [3.63, 3.8) is 0 Å². The summed E-state index contributed by atoms with van der Waals surface area (Å²) in [6, 6.07) is 20.6. The average Bonchev–Trinajstić information content (AvgIpc) is 2.75. The quantitative estimate of drug-likeness (QED) is 0.620. The van der Waals surface area contributed by atoms with Crippen molar-refractivity contribution in [2.45, 2.75) is 18.4 Å². The first-order chi connectivity index (χ1) is 14.3. The molecule has 30 heavy (non-hydrogen) atoms. The lowest BCUT2D eigenvalue weighted by Crippen LogP contribution is -2.26. The Morgan fingerprint density at radius 3 is 2.47 bits per heavy atom. The van der Waals surface area contributed by atoms with Crippen LogP contribution in [0.15, 0.2) is 77.7 Å². The SMILES string of the molecule is COc1cccc(CN(C)C(=O)c2cccc(S(=O)(=O)Nc3ccccc3C)c2)c1. The highest BCUT2D eigenvalue weighted by atomic mass is 32.2. The summed E-state index contributed by atoms with van der Waals surface area (Å²) >= 11 is 0. The number of sulfonamides is 1. The number of ether oxygens (including phenoxy) is 1. The minimum atomic E-state index is -3.82. The van der Waals surface area contributed by atoms with Crippen LogP contribution in [0.1, 0.15) is 21.5 Å². The maximum atomic E-state index is 12.9. The monoisotopic (exact) mass is 424 g/mol. The lowest BCUT2D eigenvalue weighted by Gasteiger charge is -2.18. The van der Waals surface area contributed by atoms with E-state index in [1.807, 2.05) is 43.3 Å². The number of amides is 1. The van der Waals surface area contributed by atoms with Gasteiger partial charge in [0.15, 0.2) is 0 Å². The van der Waals surface area contributed by atoms with Crippen LogP contribution in [0.3, 0.4) is 0 Å². The van der Waals surface area contributed by atoms with Gasteiger partial charge >= 0.3 is 0 Å². The van der Waals surface area contributed by atoms with Crippen LogP contribution in [-0.2, 0) is 16.6 Å². The van der Waals surface area contributed by atoms with Crippen molar-refractivity contribution >= 4 is 21.6 Å². The molecule has 0 radical (unpaired) electrons. The molecule has 3 rings (SSSR count). The summed E-state index contributed by atoms with van der Waals surface area (Å²) < 4.78 is 33.4. The van der Waals surface area contributed by atoms with Gasteiger partial charge in [0.05, 0.1) is 17.7 Å². The normalized spacial score (nSPS) is 11.0. The van der Waals surface area contributed by atoms with Gasteiger partial charge in [-0.05, 0) is 54.4 Å². The predicted octanol–water partition coefficient (Wildman–Crippen LogP) is 4.08. The number of methoxy groups -OCH3 is 1. The van der Waals surface area contributed by atoms with Crippen molar-refractivity contribution in [2.24, 2.45) is 0 Å². The van der Waals surface area contributed by atoms with Gasteiger partial charge in [-0.1, -0.05) is 36.4 Å². The first-order valence-electron chi connectivity index (χ1n) is 9.37. The fourth-order valence-corrected chi connectivity index (χ4v) is 4.20. The van der Waals surface area contributed by atoms with Crippen LogP contribution >= 0.6 is 0 Å². The second kappa shape index (κ2) is 9.00. The van der Waals surface area contributed by atoms with Crippen LogP contribution < -0.4 is 9.46 Å². The zero-order valence-corrected chi connectivity index (χ0v) is 17.9. The molecule has 0 aromatic heterocycles. The molecule has 7 heteroatoms. The number of anilines is 1. The molecule has 0 saturated carbocycles. The van der Waals surface area contributed by atoms with Gasteiger partial charge in [0.2, 0.25) is 0 Å². The molecule has 0 aliphatic rings. The van der Waals surface area contributed by atoms with Crippen molar-refractivity contribution in [2.75, 3.05) is 18.9 Å². The highest BCUT2D eigenvalue weighted by Crippen LogP contribution is 2.21. The van der Waals surface area contributed by atoms with Crippen LogP contribution in [0.2, 0.25) is 0 Å². The Morgan fingerprint density at radius 1 is 1.00 bits per heavy atom. The van der Waals surface area contributed by atoms with Crippen molar-refractivity contribution in [3.05, 3.63) is 89.5 Å². The Bertz CT molecular complexity index is 1160. The van der Waals surface area contributed by atoms with Crippen molar-refractivity contribution in [1.82, 2.24) is 4.90 Å². The summed E-state index contributed by atoms with van der Waals surface area (Å²) in [7, 11) is -0.559. The summed E-state index contributed by atoms with van der Waals surface area (Å²) in [6.45, 7) is 2.19. The number of carbonyl (C=O) groups is 1. The molecule has 156 valence electrons. The van der Waals surface area contributed by atoms with Crippen molar-refractivity contribution < 1.29 is 17.9 Å². The molecular formula is C23H24N2O4S. The van der Waals surface area contributed by atoms with Gasteiger partial charge in [0, 0.05) is 19.2 Å². The van der Waals surface area contributed by atoms with E-state index in [1.54, 1.807) is 38.4 Å². The van der Waals surface area contributed by atoms with E-state index in [0.29, 0.717) is 23.5 Å². The van der Waals surface area contributed by atoms with Crippen molar-refractivity contribution in [1.29, 1.82) is 0 Å². The Labute approximate surface area is 177 Å². The van der Waals surface area contributed by atoms with E-state index in [4.69, 9.17) is 4.74 Å². The second-order valence-electron chi connectivity index (χ2n) is 6.96. The molecule has 0 bridgehead atoms. The van der Waals surface area contributed by atoms with E-state index < -0.39 is 10.0 Å². The Balaban J connectivity index is 1.79. The number of aryl methyl sites for hydroxylation is 1. The van der Waals surface area contributed by atoms with E-state index in [-0.39, 0.29) is 10.8 Å². The van der Waals surface area contributed by atoms with Gasteiger partial charge in [-0.15, -0.1) is 0 Å². The van der Waals surface area contributed by atoms with Gasteiger partial charge in [0.1, 0.15) is 5.75 Å². The summed E-state index contributed by atoms with van der Waals surface area (Å²) in [5, 5.41) is 0. The number of para-hydroxylation sites is 1. The summed E-state index contributed by atoms with van der Waals surface area (Å²) in [5.74, 6) is 0.439. The zero-order valence-electron chi connectivity index (χ0n) is 17.1. The van der Waals surface area contributed by atoms with Crippen LogP contribution in [0, 0.1) is 6.92 Å².